The number of likely N-dealkylation sites (tertiary alicyclic amines) is 1. The number of unbranched alkanes of at least 4 members (excludes halogenated alkanes) is 7. The van der Waals surface area contributed by atoms with Gasteiger partial charge in [0.2, 0.25) is 11.8 Å². The largest absolute Gasteiger partial charge is 0.344 e. The molecular formula is C19H34N2O3. The van der Waals surface area contributed by atoms with E-state index in [1.54, 1.807) is 0 Å². The summed E-state index contributed by atoms with van der Waals surface area (Å²) in [4.78, 5) is 37.6. The van der Waals surface area contributed by atoms with Crippen molar-refractivity contribution in [2.75, 3.05) is 6.54 Å². The van der Waals surface area contributed by atoms with Crippen molar-refractivity contribution in [3.63, 3.8) is 0 Å². The molecule has 5 heteroatoms. The lowest BCUT2D eigenvalue weighted by Gasteiger charge is -2.31. The summed E-state index contributed by atoms with van der Waals surface area (Å²) in [5.41, 5.74) is 0. The normalized spacial score (nSPS) is 18.1. The van der Waals surface area contributed by atoms with E-state index < -0.39 is 6.04 Å². The van der Waals surface area contributed by atoms with Gasteiger partial charge in [-0.1, -0.05) is 58.8 Å². The predicted molar refractivity (Wildman–Crippen MR) is 95.4 cm³/mol. The molecule has 0 aromatic heterocycles. The minimum Gasteiger partial charge on any atom is -0.344 e. The van der Waals surface area contributed by atoms with Crippen LogP contribution in [0.25, 0.3) is 0 Å². The fourth-order valence-electron chi connectivity index (χ4n) is 3.03. The van der Waals surface area contributed by atoms with E-state index in [4.69, 9.17) is 0 Å². The number of imide groups is 1. The molecule has 1 unspecified atom stereocenters. The van der Waals surface area contributed by atoms with E-state index in [1.165, 1.54) is 37.0 Å². The summed E-state index contributed by atoms with van der Waals surface area (Å²) < 4.78 is 0. The molecule has 138 valence electrons. The van der Waals surface area contributed by atoms with Crippen LogP contribution in [0.3, 0.4) is 0 Å². The monoisotopic (exact) mass is 338 g/mol. The van der Waals surface area contributed by atoms with E-state index in [1.807, 2.05) is 6.92 Å². The maximum Gasteiger partial charge on any atom is 0.251 e. The predicted octanol–water partition coefficient (Wildman–Crippen LogP) is 3.56. The maximum atomic E-state index is 12.3. The fourth-order valence-corrected chi connectivity index (χ4v) is 3.03. The van der Waals surface area contributed by atoms with E-state index in [0.717, 1.165) is 25.7 Å². The highest BCUT2D eigenvalue weighted by molar-refractivity contribution is 6.01. The highest BCUT2D eigenvalue weighted by Crippen LogP contribution is 2.15. The van der Waals surface area contributed by atoms with Gasteiger partial charge in [0.05, 0.1) is 0 Å². The van der Waals surface area contributed by atoms with Gasteiger partial charge in [-0.05, 0) is 19.3 Å². The lowest BCUT2D eigenvalue weighted by molar-refractivity contribution is -0.151. The number of rotatable bonds is 12. The second-order valence-electron chi connectivity index (χ2n) is 6.77. The topological polar surface area (TPSA) is 66.5 Å². The van der Waals surface area contributed by atoms with Crippen LogP contribution in [0.1, 0.15) is 90.9 Å². The fraction of sp³-hybridized carbons (Fsp3) is 0.842. The molecule has 1 saturated heterocycles. The van der Waals surface area contributed by atoms with E-state index in [0.29, 0.717) is 25.8 Å². The van der Waals surface area contributed by atoms with Gasteiger partial charge in [-0.2, -0.15) is 0 Å². The molecule has 3 amide bonds. The summed E-state index contributed by atoms with van der Waals surface area (Å²) in [5, 5.41) is 2.82. The van der Waals surface area contributed by atoms with Crippen molar-refractivity contribution in [3.05, 3.63) is 0 Å². The number of carbonyl (C=O) groups is 3. The van der Waals surface area contributed by atoms with Crippen molar-refractivity contribution in [3.8, 4) is 0 Å². The van der Waals surface area contributed by atoms with Gasteiger partial charge in [0, 0.05) is 19.4 Å². The van der Waals surface area contributed by atoms with Crippen LogP contribution < -0.4 is 5.32 Å². The van der Waals surface area contributed by atoms with Crippen LogP contribution in [0.4, 0.5) is 0 Å². The summed E-state index contributed by atoms with van der Waals surface area (Å²) in [6, 6.07) is -0.517. The number of amides is 3. The molecule has 0 aromatic carbocycles. The molecule has 1 rings (SSSR count). The smallest absolute Gasteiger partial charge is 0.251 e. The first-order valence-corrected chi connectivity index (χ1v) is 9.73. The quantitative estimate of drug-likeness (QED) is 0.437. The number of carbonyl (C=O) groups excluding carboxylic acids is 3. The van der Waals surface area contributed by atoms with Gasteiger partial charge >= 0.3 is 0 Å². The minimum absolute atomic E-state index is 0.0632. The van der Waals surface area contributed by atoms with Crippen LogP contribution in [-0.4, -0.2) is 35.2 Å². The van der Waals surface area contributed by atoms with E-state index in [9.17, 15) is 14.4 Å². The Morgan fingerprint density at radius 1 is 1.00 bits per heavy atom. The lowest BCUT2D eigenvalue weighted by atomic mass is 10.0. The zero-order valence-corrected chi connectivity index (χ0v) is 15.4. The Kier molecular flexibility index (Phi) is 10.4. The van der Waals surface area contributed by atoms with Crippen LogP contribution in [0.15, 0.2) is 0 Å². The van der Waals surface area contributed by atoms with Crippen LogP contribution in [0, 0.1) is 0 Å². The second-order valence-corrected chi connectivity index (χ2v) is 6.77. The first-order valence-electron chi connectivity index (χ1n) is 9.73. The molecule has 0 saturated carbocycles. The third kappa shape index (κ3) is 7.45. The van der Waals surface area contributed by atoms with Gasteiger partial charge in [-0.15, -0.1) is 0 Å². The minimum atomic E-state index is -0.517. The van der Waals surface area contributed by atoms with Crippen LogP contribution in [0.5, 0.6) is 0 Å². The molecule has 0 radical (unpaired) electrons. The molecule has 5 nitrogen and oxygen atoms in total. The summed E-state index contributed by atoms with van der Waals surface area (Å²) in [6.07, 6.45) is 11.2. The molecule has 1 aliphatic rings. The first kappa shape index (κ1) is 20.7. The molecule has 1 fully saturated rings. The standard InChI is InChI=1S/C19H34N2O3/c1-3-5-7-8-9-10-11-12-17(22)20-16-13-14-18(23)21(19(16)24)15-6-4-2/h16H,3-15H2,1-2H3,(H,20,22). The van der Waals surface area contributed by atoms with Crippen molar-refractivity contribution < 1.29 is 14.4 Å². The molecule has 0 spiro atoms. The Balaban J connectivity index is 2.25. The highest BCUT2D eigenvalue weighted by atomic mass is 16.2. The van der Waals surface area contributed by atoms with Gasteiger partial charge < -0.3 is 5.32 Å². The lowest BCUT2D eigenvalue weighted by Crippen LogP contribution is -2.54. The third-order valence-corrected chi connectivity index (χ3v) is 4.59. The van der Waals surface area contributed by atoms with Crippen molar-refractivity contribution >= 4 is 17.7 Å². The Labute approximate surface area is 146 Å². The Hall–Kier alpha value is -1.39. The van der Waals surface area contributed by atoms with E-state index in [-0.39, 0.29) is 17.7 Å². The van der Waals surface area contributed by atoms with Gasteiger partial charge in [-0.25, -0.2) is 0 Å². The third-order valence-electron chi connectivity index (χ3n) is 4.59. The number of piperidine rings is 1. The van der Waals surface area contributed by atoms with Crippen LogP contribution >= 0.6 is 0 Å². The number of nitrogens with one attached hydrogen (secondary N) is 1. The summed E-state index contributed by atoms with van der Waals surface area (Å²) in [6.45, 7) is 4.70. The van der Waals surface area contributed by atoms with Gasteiger partial charge in [0.25, 0.3) is 5.91 Å². The summed E-state index contributed by atoms with van der Waals surface area (Å²) >= 11 is 0. The maximum absolute atomic E-state index is 12.3. The van der Waals surface area contributed by atoms with Crippen LogP contribution in [0.2, 0.25) is 0 Å². The Morgan fingerprint density at radius 3 is 2.29 bits per heavy atom. The molecule has 0 bridgehead atoms. The molecular weight excluding hydrogens is 304 g/mol. The van der Waals surface area contributed by atoms with Gasteiger partial charge in [-0.3, -0.25) is 19.3 Å². The number of hydrogen-bond donors (Lipinski definition) is 1. The molecule has 0 aliphatic carbocycles. The zero-order valence-electron chi connectivity index (χ0n) is 15.4. The number of hydrogen-bond acceptors (Lipinski definition) is 3. The number of nitrogens with zero attached hydrogens (tertiary/aromatic N) is 1. The zero-order chi connectivity index (χ0) is 17.8. The average molecular weight is 338 g/mol. The molecule has 0 aromatic rings. The Morgan fingerprint density at radius 2 is 1.62 bits per heavy atom. The second kappa shape index (κ2) is 12.0. The first-order chi connectivity index (χ1) is 11.6. The van der Waals surface area contributed by atoms with Crippen molar-refractivity contribution in [2.24, 2.45) is 0 Å². The average Bonchev–Trinajstić information content (AvgIpc) is 2.56. The van der Waals surface area contributed by atoms with Gasteiger partial charge in [0.15, 0.2) is 0 Å². The molecule has 1 heterocycles. The van der Waals surface area contributed by atoms with Crippen molar-refractivity contribution in [1.82, 2.24) is 10.2 Å². The van der Waals surface area contributed by atoms with E-state index in [2.05, 4.69) is 12.2 Å². The van der Waals surface area contributed by atoms with E-state index >= 15 is 0 Å². The summed E-state index contributed by atoms with van der Waals surface area (Å²) in [5.74, 6) is -0.398. The SMILES string of the molecule is CCCCCCCCCC(=O)NC1CCC(=O)N(CCCC)C1=O. The Bertz CT molecular complexity index is 409. The van der Waals surface area contributed by atoms with Crippen LogP contribution in [-0.2, 0) is 14.4 Å². The van der Waals surface area contributed by atoms with Gasteiger partial charge in [0.1, 0.15) is 6.04 Å². The molecule has 1 aliphatic heterocycles. The molecule has 24 heavy (non-hydrogen) atoms. The van der Waals surface area contributed by atoms with Crippen molar-refractivity contribution in [2.45, 2.75) is 96.9 Å². The van der Waals surface area contributed by atoms with Crippen molar-refractivity contribution in [1.29, 1.82) is 0 Å². The summed E-state index contributed by atoms with van der Waals surface area (Å²) in [7, 11) is 0. The molecule has 1 atom stereocenters. The molecule has 1 N–H and O–H groups in total. The highest BCUT2D eigenvalue weighted by Gasteiger charge is 2.34.